The molecule has 2 rings (SSSR count). The average molecular weight is 313 g/mol. The number of benzene rings is 1. The highest BCUT2D eigenvalue weighted by Crippen LogP contribution is 2.19. The minimum absolute atomic E-state index is 0.0516. The van der Waals surface area contributed by atoms with Crippen LogP contribution in [0, 0.1) is 0 Å². The van der Waals surface area contributed by atoms with Crippen LogP contribution in [0.25, 0.3) is 0 Å². The summed E-state index contributed by atoms with van der Waals surface area (Å²) >= 11 is 1.20. The Hall–Kier alpha value is -1.34. The molecule has 0 aromatic heterocycles. The third-order valence-electron chi connectivity index (χ3n) is 2.97. The van der Waals surface area contributed by atoms with Crippen molar-refractivity contribution in [1.29, 1.82) is 0 Å². The maximum atomic E-state index is 12.0. The predicted molar refractivity (Wildman–Crippen MR) is 77.1 cm³/mol. The minimum Gasteiger partial charge on any atom is -0.345 e. The minimum atomic E-state index is -3.45. The van der Waals surface area contributed by atoms with E-state index in [4.69, 9.17) is 0 Å². The van der Waals surface area contributed by atoms with Crippen molar-refractivity contribution in [3.63, 3.8) is 0 Å². The normalized spacial score (nSPS) is 19.0. The molecule has 0 bridgehead atoms. The fourth-order valence-corrected chi connectivity index (χ4v) is 4.06. The van der Waals surface area contributed by atoms with E-state index in [1.165, 1.54) is 23.9 Å². The molecular formula is C13H15NO4S2. The molecule has 1 amide bonds. The fourth-order valence-electron chi connectivity index (χ4n) is 1.87. The summed E-state index contributed by atoms with van der Waals surface area (Å²) < 4.78 is 24.0. The van der Waals surface area contributed by atoms with Crippen LogP contribution in [0.4, 0.5) is 0 Å². The molecule has 0 spiro atoms. The van der Waals surface area contributed by atoms with E-state index < -0.39 is 21.8 Å². The lowest BCUT2D eigenvalue weighted by Gasteiger charge is -2.10. The number of carbonyl (C=O) groups is 2. The summed E-state index contributed by atoms with van der Waals surface area (Å²) in [6.07, 6.45) is 0.479. The van der Waals surface area contributed by atoms with E-state index in [-0.39, 0.29) is 22.2 Å². The van der Waals surface area contributed by atoms with Gasteiger partial charge in [0.1, 0.15) is 0 Å². The summed E-state index contributed by atoms with van der Waals surface area (Å²) in [7, 11) is -3.45. The predicted octanol–water partition coefficient (Wildman–Crippen LogP) is 0.999. The van der Waals surface area contributed by atoms with Gasteiger partial charge in [0.05, 0.1) is 16.7 Å². The largest absolute Gasteiger partial charge is 0.345 e. The Labute approximate surface area is 122 Å². The van der Waals surface area contributed by atoms with Crippen molar-refractivity contribution in [2.75, 3.05) is 11.5 Å². The second-order valence-corrected chi connectivity index (χ2v) is 7.67. The first kappa shape index (κ1) is 15.1. The first-order valence-electron chi connectivity index (χ1n) is 6.23. The zero-order valence-electron chi connectivity index (χ0n) is 10.7. The van der Waals surface area contributed by atoms with E-state index in [1.807, 2.05) is 0 Å². The number of thioether (sulfide) groups is 1. The molecule has 1 aromatic carbocycles. The molecule has 7 heteroatoms. The van der Waals surface area contributed by atoms with Crippen molar-refractivity contribution in [2.24, 2.45) is 0 Å². The summed E-state index contributed by atoms with van der Waals surface area (Å²) in [5, 5.41) is 2.53. The van der Waals surface area contributed by atoms with E-state index in [0.29, 0.717) is 12.2 Å². The van der Waals surface area contributed by atoms with Crippen LogP contribution >= 0.6 is 11.8 Å². The average Bonchev–Trinajstić information content (AvgIpc) is 2.83. The highest BCUT2D eigenvalue weighted by molar-refractivity contribution is 8.14. The van der Waals surface area contributed by atoms with Gasteiger partial charge in [0.2, 0.25) is 11.0 Å². The van der Waals surface area contributed by atoms with Crippen molar-refractivity contribution in [2.45, 2.75) is 23.8 Å². The lowest BCUT2D eigenvalue weighted by atomic mass is 10.2. The van der Waals surface area contributed by atoms with Gasteiger partial charge in [-0.1, -0.05) is 30.0 Å². The second-order valence-electron chi connectivity index (χ2n) is 4.46. The molecule has 0 radical (unpaired) electrons. The number of rotatable bonds is 5. The molecule has 1 fully saturated rings. The molecule has 1 atom stereocenters. The van der Waals surface area contributed by atoms with Gasteiger partial charge in [0.25, 0.3) is 0 Å². The van der Waals surface area contributed by atoms with Crippen molar-refractivity contribution in [3.05, 3.63) is 30.3 Å². The molecule has 1 saturated heterocycles. The van der Waals surface area contributed by atoms with E-state index in [9.17, 15) is 18.0 Å². The number of amides is 1. The molecule has 1 aliphatic heterocycles. The summed E-state index contributed by atoms with van der Waals surface area (Å²) in [5.74, 6) is 0.0496. The SMILES string of the molecule is O=C(CCS(=O)(=O)c1ccccc1)NC1CCSC1=O. The molecule has 1 heterocycles. The van der Waals surface area contributed by atoms with Crippen molar-refractivity contribution < 1.29 is 18.0 Å². The van der Waals surface area contributed by atoms with Gasteiger partial charge in [-0.25, -0.2) is 8.42 Å². The zero-order chi connectivity index (χ0) is 14.6. The van der Waals surface area contributed by atoms with Crippen LogP contribution in [0.1, 0.15) is 12.8 Å². The maximum absolute atomic E-state index is 12.0. The molecule has 0 aliphatic carbocycles. The van der Waals surface area contributed by atoms with Gasteiger partial charge in [0.15, 0.2) is 9.84 Å². The van der Waals surface area contributed by atoms with Crippen LogP contribution < -0.4 is 5.32 Å². The molecular weight excluding hydrogens is 298 g/mol. The monoisotopic (exact) mass is 313 g/mol. The van der Waals surface area contributed by atoms with Crippen LogP contribution in [0.3, 0.4) is 0 Å². The van der Waals surface area contributed by atoms with E-state index in [1.54, 1.807) is 18.2 Å². The highest BCUT2D eigenvalue weighted by atomic mass is 32.2. The lowest BCUT2D eigenvalue weighted by molar-refractivity contribution is -0.124. The first-order chi connectivity index (χ1) is 9.49. The number of carbonyl (C=O) groups excluding carboxylic acids is 2. The lowest BCUT2D eigenvalue weighted by Crippen LogP contribution is -2.37. The molecule has 5 nitrogen and oxygen atoms in total. The van der Waals surface area contributed by atoms with E-state index >= 15 is 0 Å². The van der Waals surface area contributed by atoms with Gasteiger partial charge in [-0.05, 0) is 18.6 Å². The molecule has 1 aliphatic rings. The molecule has 20 heavy (non-hydrogen) atoms. The Kier molecular flexibility index (Phi) is 4.82. The van der Waals surface area contributed by atoms with Gasteiger partial charge in [-0.3, -0.25) is 9.59 Å². The Morgan fingerprint density at radius 3 is 2.60 bits per heavy atom. The van der Waals surface area contributed by atoms with Crippen LogP contribution in [0.5, 0.6) is 0 Å². The highest BCUT2D eigenvalue weighted by Gasteiger charge is 2.27. The topological polar surface area (TPSA) is 80.3 Å². The maximum Gasteiger partial charge on any atom is 0.221 e. The summed E-state index contributed by atoms with van der Waals surface area (Å²) in [6, 6.07) is 7.55. The van der Waals surface area contributed by atoms with E-state index in [2.05, 4.69) is 5.32 Å². The van der Waals surface area contributed by atoms with Gasteiger partial charge in [0, 0.05) is 12.2 Å². The van der Waals surface area contributed by atoms with Gasteiger partial charge in [-0.2, -0.15) is 0 Å². The van der Waals surface area contributed by atoms with Crippen LogP contribution in [-0.2, 0) is 19.4 Å². The van der Waals surface area contributed by atoms with Gasteiger partial charge < -0.3 is 5.32 Å². The smallest absolute Gasteiger partial charge is 0.221 e. The van der Waals surface area contributed by atoms with Crippen molar-refractivity contribution in [1.82, 2.24) is 5.32 Å². The number of nitrogens with one attached hydrogen (secondary N) is 1. The van der Waals surface area contributed by atoms with Crippen molar-refractivity contribution in [3.8, 4) is 0 Å². The first-order valence-corrected chi connectivity index (χ1v) is 8.86. The fraction of sp³-hybridized carbons (Fsp3) is 0.385. The van der Waals surface area contributed by atoms with Crippen molar-refractivity contribution >= 4 is 32.6 Å². The molecule has 1 aromatic rings. The molecule has 108 valence electrons. The van der Waals surface area contributed by atoms with Crippen LogP contribution in [-0.4, -0.2) is 37.0 Å². The quantitative estimate of drug-likeness (QED) is 0.877. The zero-order valence-corrected chi connectivity index (χ0v) is 12.4. The summed E-state index contributed by atoms with van der Waals surface area (Å²) in [6.45, 7) is 0. The van der Waals surface area contributed by atoms with Gasteiger partial charge in [-0.15, -0.1) is 0 Å². The molecule has 0 saturated carbocycles. The van der Waals surface area contributed by atoms with E-state index in [0.717, 1.165) is 0 Å². The number of hydrogen-bond acceptors (Lipinski definition) is 5. The Morgan fingerprint density at radius 1 is 1.30 bits per heavy atom. The Morgan fingerprint density at radius 2 is 2.00 bits per heavy atom. The summed E-state index contributed by atoms with van der Waals surface area (Å²) in [4.78, 5) is 23.3. The third-order valence-corrected chi connectivity index (χ3v) is 5.71. The Bertz CT molecular complexity index is 598. The molecule has 1 unspecified atom stereocenters. The second kappa shape index (κ2) is 6.41. The van der Waals surface area contributed by atoms with Crippen LogP contribution in [0.15, 0.2) is 35.2 Å². The standard InChI is InChI=1S/C13H15NO4S2/c15-12(14-11-6-8-19-13(11)16)7-9-20(17,18)10-4-2-1-3-5-10/h1-5,11H,6-9H2,(H,14,15). The Balaban J connectivity index is 1.88. The number of sulfone groups is 1. The molecule has 1 N–H and O–H groups in total. The number of hydrogen-bond donors (Lipinski definition) is 1. The summed E-state index contributed by atoms with van der Waals surface area (Å²) in [5.41, 5.74) is 0. The van der Waals surface area contributed by atoms with Gasteiger partial charge >= 0.3 is 0 Å². The third kappa shape index (κ3) is 3.83. The van der Waals surface area contributed by atoms with Crippen LogP contribution in [0.2, 0.25) is 0 Å².